The van der Waals surface area contributed by atoms with Gasteiger partial charge in [0.05, 0.1) is 6.61 Å². The highest BCUT2D eigenvalue weighted by Crippen LogP contribution is 1.66. The van der Waals surface area contributed by atoms with Gasteiger partial charge in [-0.05, 0) is 6.92 Å². The molecule has 9 heteroatoms. The van der Waals surface area contributed by atoms with E-state index in [1.807, 2.05) is 0 Å². The minimum Gasteiger partial charge on any atom is -0.481 e. The summed E-state index contributed by atoms with van der Waals surface area (Å²) in [4.78, 5) is 36.6. The molecule has 0 saturated heterocycles. The fourth-order valence-electron chi connectivity index (χ4n) is 0.142. The third-order valence-corrected chi connectivity index (χ3v) is 0.287. The molecule has 18 heavy (non-hydrogen) atoms. The second-order valence-corrected chi connectivity index (χ2v) is 2.31. The molecule has 5 N–H and O–H groups in total. The molecule has 0 spiro atoms. The molecule has 0 aliphatic heterocycles. The third-order valence-electron chi connectivity index (χ3n) is 0.287. The standard InChI is InChI=1S/C3H7NO2.3C2H4O2/c1-2-6-3(4)5;3*1-2(3)4/h2H2,1H3,(H2,4,5);3*1H3,(H,3,4). The van der Waals surface area contributed by atoms with Crippen molar-refractivity contribution in [2.45, 2.75) is 27.7 Å². The number of amides is 1. The molecule has 0 rings (SSSR count). The van der Waals surface area contributed by atoms with Crippen LogP contribution in [0.3, 0.4) is 0 Å². The lowest BCUT2D eigenvalue weighted by molar-refractivity contribution is -0.135. The first kappa shape index (κ1) is 24.8. The highest BCUT2D eigenvalue weighted by Gasteiger charge is 1.82. The van der Waals surface area contributed by atoms with Gasteiger partial charge < -0.3 is 25.8 Å². The Hall–Kier alpha value is -2.32. The third kappa shape index (κ3) is 4760. The van der Waals surface area contributed by atoms with E-state index in [1.54, 1.807) is 6.92 Å². The highest BCUT2D eigenvalue weighted by atomic mass is 16.5. The Morgan fingerprint density at radius 1 is 0.889 bits per heavy atom. The van der Waals surface area contributed by atoms with Crippen molar-refractivity contribution in [3.05, 3.63) is 0 Å². The predicted octanol–water partition coefficient (Wildman–Crippen LogP) is 0.374. The summed E-state index contributed by atoms with van der Waals surface area (Å²) in [6.07, 6.45) is -0.711. The van der Waals surface area contributed by atoms with Gasteiger partial charge in [0, 0.05) is 20.8 Å². The van der Waals surface area contributed by atoms with Gasteiger partial charge in [0.25, 0.3) is 17.9 Å². The van der Waals surface area contributed by atoms with Crippen LogP contribution in [0.1, 0.15) is 27.7 Å². The van der Waals surface area contributed by atoms with Crippen molar-refractivity contribution in [3.8, 4) is 0 Å². The zero-order valence-electron chi connectivity index (χ0n) is 10.7. The van der Waals surface area contributed by atoms with Gasteiger partial charge in [-0.25, -0.2) is 4.79 Å². The number of hydrogen-bond donors (Lipinski definition) is 4. The Morgan fingerprint density at radius 2 is 1.06 bits per heavy atom. The summed E-state index contributed by atoms with van der Waals surface area (Å²) in [5, 5.41) is 22.2. The summed E-state index contributed by atoms with van der Waals surface area (Å²) < 4.78 is 4.18. The number of ether oxygens (including phenoxy) is 1. The van der Waals surface area contributed by atoms with Crippen LogP contribution in [-0.2, 0) is 19.1 Å². The summed E-state index contributed by atoms with van der Waals surface area (Å²) in [7, 11) is 0. The Kier molecular flexibility index (Phi) is 27.7. The lowest BCUT2D eigenvalue weighted by Crippen LogP contribution is -2.11. The molecule has 0 radical (unpaired) electrons. The maximum atomic E-state index is 9.60. The molecular weight excluding hydrogens is 250 g/mol. The number of rotatable bonds is 1. The fourth-order valence-corrected chi connectivity index (χ4v) is 0.142. The van der Waals surface area contributed by atoms with Crippen LogP contribution in [-0.4, -0.2) is 45.9 Å². The molecule has 0 saturated carbocycles. The van der Waals surface area contributed by atoms with E-state index in [1.165, 1.54) is 0 Å². The van der Waals surface area contributed by atoms with Crippen LogP contribution >= 0.6 is 0 Å². The van der Waals surface area contributed by atoms with E-state index in [2.05, 4.69) is 10.5 Å². The zero-order chi connectivity index (χ0) is 15.7. The number of primary amides is 1. The van der Waals surface area contributed by atoms with E-state index >= 15 is 0 Å². The molecule has 108 valence electrons. The van der Waals surface area contributed by atoms with E-state index in [4.69, 9.17) is 29.7 Å². The minimum absolute atomic E-state index is 0.356. The normalized spacial score (nSPS) is 6.67. The number of aliphatic carboxylic acids is 3. The van der Waals surface area contributed by atoms with Gasteiger partial charge in [-0.15, -0.1) is 0 Å². The molecule has 0 heterocycles. The molecular formula is C9H19NO8. The molecule has 0 fully saturated rings. The van der Waals surface area contributed by atoms with Gasteiger partial charge in [-0.3, -0.25) is 14.4 Å². The van der Waals surface area contributed by atoms with E-state index in [9.17, 15) is 4.79 Å². The number of carbonyl (C=O) groups excluding carboxylic acids is 1. The van der Waals surface area contributed by atoms with E-state index in [0.717, 1.165) is 20.8 Å². The van der Waals surface area contributed by atoms with Crippen LogP contribution in [0.2, 0.25) is 0 Å². The lowest BCUT2D eigenvalue weighted by atomic mass is 10.9. The van der Waals surface area contributed by atoms with Gasteiger partial charge in [0.2, 0.25) is 0 Å². The number of carboxylic acid groups (broad SMARTS) is 3. The first-order valence-corrected chi connectivity index (χ1v) is 4.48. The van der Waals surface area contributed by atoms with Crippen LogP contribution in [0.4, 0.5) is 4.79 Å². The summed E-state index contributed by atoms with van der Waals surface area (Å²) in [6, 6.07) is 0. The van der Waals surface area contributed by atoms with Gasteiger partial charge in [0.1, 0.15) is 0 Å². The van der Waals surface area contributed by atoms with Crippen molar-refractivity contribution in [2.75, 3.05) is 6.61 Å². The fraction of sp³-hybridized carbons (Fsp3) is 0.556. The summed E-state index contributed by atoms with van der Waals surface area (Å²) in [5.74, 6) is -2.50. The van der Waals surface area contributed by atoms with Crippen molar-refractivity contribution < 1.29 is 39.2 Å². The maximum Gasteiger partial charge on any atom is 0.404 e. The summed E-state index contributed by atoms with van der Waals surface area (Å²) in [5.41, 5.74) is 4.54. The van der Waals surface area contributed by atoms with Crippen LogP contribution in [0.15, 0.2) is 0 Å². The molecule has 1 amide bonds. The number of hydrogen-bond acceptors (Lipinski definition) is 5. The average molecular weight is 269 g/mol. The van der Waals surface area contributed by atoms with E-state index in [-0.39, 0.29) is 0 Å². The molecule has 0 aliphatic rings. The second kappa shape index (κ2) is 20.1. The second-order valence-electron chi connectivity index (χ2n) is 2.31. The van der Waals surface area contributed by atoms with Crippen molar-refractivity contribution >= 4 is 24.0 Å². The SMILES string of the molecule is CC(=O)O.CC(=O)O.CC(=O)O.CCOC(N)=O. The lowest BCUT2D eigenvalue weighted by Gasteiger charge is -1.89. The number of nitrogens with two attached hydrogens (primary N) is 1. The quantitative estimate of drug-likeness (QED) is 0.530. The predicted molar refractivity (Wildman–Crippen MR) is 61.1 cm³/mol. The van der Waals surface area contributed by atoms with Crippen LogP contribution in [0.25, 0.3) is 0 Å². The highest BCUT2D eigenvalue weighted by molar-refractivity contribution is 5.64. The molecule has 0 aromatic rings. The summed E-state index contributed by atoms with van der Waals surface area (Å²) >= 11 is 0. The minimum atomic E-state index is -0.833. The van der Waals surface area contributed by atoms with Gasteiger partial charge in [0.15, 0.2) is 0 Å². The molecule has 0 unspecified atom stereocenters. The number of carboxylic acids is 3. The summed E-state index contributed by atoms with van der Waals surface area (Å²) in [6.45, 7) is 5.31. The van der Waals surface area contributed by atoms with E-state index in [0.29, 0.717) is 6.61 Å². The average Bonchev–Trinajstić information content (AvgIpc) is 1.98. The van der Waals surface area contributed by atoms with Crippen LogP contribution in [0.5, 0.6) is 0 Å². The monoisotopic (exact) mass is 269 g/mol. The van der Waals surface area contributed by atoms with Crippen molar-refractivity contribution in [2.24, 2.45) is 5.73 Å². The van der Waals surface area contributed by atoms with Gasteiger partial charge in [-0.1, -0.05) is 0 Å². The Balaban J connectivity index is -0.0000000742. The van der Waals surface area contributed by atoms with E-state index < -0.39 is 24.0 Å². The van der Waals surface area contributed by atoms with Crippen molar-refractivity contribution in [3.63, 3.8) is 0 Å². The van der Waals surface area contributed by atoms with Gasteiger partial charge in [-0.2, -0.15) is 0 Å². The smallest absolute Gasteiger partial charge is 0.404 e. The molecule has 0 aromatic carbocycles. The zero-order valence-corrected chi connectivity index (χ0v) is 10.7. The van der Waals surface area contributed by atoms with Crippen molar-refractivity contribution in [1.82, 2.24) is 0 Å². The van der Waals surface area contributed by atoms with Crippen molar-refractivity contribution in [1.29, 1.82) is 0 Å². The molecule has 0 atom stereocenters. The Labute approximate surface area is 104 Å². The number of carbonyl (C=O) groups is 4. The van der Waals surface area contributed by atoms with Crippen LogP contribution in [0, 0.1) is 0 Å². The van der Waals surface area contributed by atoms with Gasteiger partial charge >= 0.3 is 6.09 Å². The first-order chi connectivity index (χ1) is 7.97. The molecule has 0 aromatic heterocycles. The topological polar surface area (TPSA) is 164 Å². The maximum absolute atomic E-state index is 9.60. The Bertz CT molecular complexity index is 210. The molecule has 0 aliphatic carbocycles. The Morgan fingerprint density at radius 3 is 1.06 bits per heavy atom. The largest absolute Gasteiger partial charge is 0.481 e. The molecule has 9 nitrogen and oxygen atoms in total. The first-order valence-electron chi connectivity index (χ1n) is 4.48. The van der Waals surface area contributed by atoms with Crippen LogP contribution < -0.4 is 5.73 Å². The molecule has 0 bridgehead atoms.